The first kappa shape index (κ1) is 20.0. The number of nitrogens with one attached hydrogen (secondary N) is 3. The zero-order valence-electron chi connectivity index (χ0n) is 16.4. The average molecular weight is 402 g/mol. The fraction of sp³-hybridized carbons (Fsp3) is 0.571. The fourth-order valence-electron chi connectivity index (χ4n) is 4.44. The molecule has 2 saturated heterocycles. The molecule has 0 aromatic heterocycles. The monoisotopic (exact) mass is 402 g/mol. The van der Waals surface area contributed by atoms with Crippen LogP contribution >= 0.6 is 0 Å². The van der Waals surface area contributed by atoms with Gasteiger partial charge in [-0.1, -0.05) is 12.1 Å². The van der Waals surface area contributed by atoms with E-state index in [0.717, 1.165) is 37.1 Å². The number of hydrogen-bond donors (Lipinski definition) is 3. The minimum absolute atomic E-state index is 0.104. The lowest BCUT2D eigenvalue weighted by Crippen LogP contribution is -2.52. The molecule has 0 bridgehead atoms. The van der Waals surface area contributed by atoms with E-state index in [2.05, 4.69) is 16.0 Å². The molecule has 1 aromatic carbocycles. The lowest BCUT2D eigenvalue weighted by molar-refractivity contribution is -0.136. The highest BCUT2D eigenvalue weighted by Crippen LogP contribution is 2.28. The molecule has 0 saturated carbocycles. The van der Waals surface area contributed by atoms with Crippen LogP contribution in [-0.4, -0.2) is 54.5 Å². The van der Waals surface area contributed by atoms with Gasteiger partial charge in [-0.2, -0.15) is 0 Å². The van der Waals surface area contributed by atoms with Crippen LogP contribution in [0.4, 0.5) is 4.39 Å². The summed E-state index contributed by atoms with van der Waals surface area (Å²) in [5, 5.41) is 8.73. The largest absolute Gasteiger partial charge is 0.322 e. The van der Waals surface area contributed by atoms with Gasteiger partial charge in [-0.25, -0.2) is 4.39 Å². The maximum absolute atomic E-state index is 14.4. The van der Waals surface area contributed by atoms with E-state index in [1.54, 1.807) is 4.90 Å². The minimum Gasteiger partial charge on any atom is -0.322 e. The molecule has 156 valence electrons. The number of halogens is 1. The summed E-state index contributed by atoms with van der Waals surface area (Å²) in [6, 6.07) is 5.06. The van der Waals surface area contributed by atoms with Crippen LogP contribution in [0.25, 0.3) is 0 Å². The quantitative estimate of drug-likeness (QED) is 0.615. The Bertz CT molecular complexity index is 809. The molecule has 8 heteroatoms. The van der Waals surface area contributed by atoms with E-state index >= 15 is 0 Å². The molecule has 4 rings (SSSR count). The van der Waals surface area contributed by atoms with Gasteiger partial charge in [0, 0.05) is 31.6 Å². The van der Waals surface area contributed by atoms with Crippen molar-refractivity contribution in [2.24, 2.45) is 5.92 Å². The Morgan fingerprint density at radius 2 is 1.97 bits per heavy atom. The molecule has 0 aliphatic carbocycles. The van der Waals surface area contributed by atoms with E-state index in [9.17, 15) is 18.8 Å². The third-order valence-corrected chi connectivity index (χ3v) is 6.16. The van der Waals surface area contributed by atoms with Crippen molar-refractivity contribution in [3.63, 3.8) is 0 Å². The summed E-state index contributed by atoms with van der Waals surface area (Å²) in [5.74, 6) is -0.780. The number of amides is 3. The maximum atomic E-state index is 14.4. The first-order valence-corrected chi connectivity index (χ1v) is 10.3. The smallest absolute Gasteiger partial charge is 0.255 e. The number of piperidine rings is 2. The van der Waals surface area contributed by atoms with Crippen molar-refractivity contribution in [2.75, 3.05) is 19.6 Å². The molecule has 0 radical (unpaired) electrons. The second-order valence-electron chi connectivity index (χ2n) is 8.13. The van der Waals surface area contributed by atoms with Crippen LogP contribution in [0.2, 0.25) is 0 Å². The molecule has 3 aliphatic heterocycles. The zero-order valence-corrected chi connectivity index (χ0v) is 16.4. The zero-order chi connectivity index (χ0) is 20.4. The highest BCUT2D eigenvalue weighted by Gasteiger charge is 2.39. The van der Waals surface area contributed by atoms with Gasteiger partial charge in [0.25, 0.3) is 5.91 Å². The summed E-state index contributed by atoms with van der Waals surface area (Å²) < 4.78 is 14.4. The number of alkyl halides is 1. The van der Waals surface area contributed by atoms with Crippen molar-refractivity contribution >= 4 is 17.7 Å². The molecule has 2 atom stereocenters. The summed E-state index contributed by atoms with van der Waals surface area (Å²) in [7, 11) is 0. The topological polar surface area (TPSA) is 90.5 Å². The summed E-state index contributed by atoms with van der Waals surface area (Å²) in [6.45, 7) is 2.92. The molecule has 3 aliphatic rings. The second kappa shape index (κ2) is 8.59. The predicted molar refractivity (Wildman–Crippen MR) is 105 cm³/mol. The molecular formula is C21H27FN4O3. The molecule has 1 aromatic rings. The summed E-state index contributed by atoms with van der Waals surface area (Å²) in [6.07, 6.45) is 1.47. The number of carbonyl (C=O) groups is 3. The van der Waals surface area contributed by atoms with Crippen LogP contribution < -0.4 is 16.0 Å². The van der Waals surface area contributed by atoms with E-state index < -0.39 is 18.1 Å². The first-order valence-electron chi connectivity index (χ1n) is 10.3. The summed E-state index contributed by atoms with van der Waals surface area (Å²) in [5.41, 5.74) is 2.38. The molecule has 3 heterocycles. The normalized spacial score (nSPS) is 23.8. The van der Waals surface area contributed by atoms with Gasteiger partial charge in [0.2, 0.25) is 11.8 Å². The van der Waals surface area contributed by atoms with E-state index in [4.69, 9.17) is 0 Å². The van der Waals surface area contributed by atoms with Gasteiger partial charge in [-0.15, -0.1) is 0 Å². The predicted octanol–water partition coefficient (Wildman–Crippen LogP) is 0.875. The Morgan fingerprint density at radius 3 is 2.72 bits per heavy atom. The van der Waals surface area contributed by atoms with Gasteiger partial charge in [0.1, 0.15) is 12.2 Å². The van der Waals surface area contributed by atoms with E-state index in [1.165, 1.54) is 0 Å². The lowest BCUT2D eigenvalue weighted by atomic mass is 9.93. The molecule has 29 heavy (non-hydrogen) atoms. The van der Waals surface area contributed by atoms with Gasteiger partial charge in [0.05, 0.1) is 0 Å². The standard InChI is InChI=1S/C21H27FN4O3/c22-17(14-5-7-23-8-6-14)11-24-10-13-1-2-15-12-26(21(29)16(15)9-13)18-3-4-19(27)25-20(18)28/h1-2,9,14,17-18,23-24H,3-8,10-12H2,(H,25,27,28). The molecule has 3 N–H and O–H groups in total. The third kappa shape index (κ3) is 4.33. The van der Waals surface area contributed by atoms with Crippen LogP contribution in [0.15, 0.2) is 18.2 Å². The van der Waals surface area contributed by atoms with Gasteiger partial charge in [-0.05, 0) is 55.5 Å². The van der Waals surface area contributed by atoms with Crippen molar-refractivity contribution in [3.05, 3.63) is 34.9 Å². The van der Waals surface area contributed by atoms with Crippen LogP contribution in [0, 0.1) is 5.92 Å². The van der Waals surface area contributed by atoms with E-state index in [-0.39, 0.29) is 24.2 Å². The van der Waals surface area contributed by atoms with Crippen molar-refractivity contribution in [1.82, 2.24) is 20.9 Å². The van der Waals surface area contributed by atoms with E-state index in [1.807, 2.05) is 18.2 Å². The fourth-order valence-corrected chi connectivity index (χ4v) is 4.44. The lowest BCUT2D eigenvalue weighted by Gasteiger charge is -2.29. The van der Waals surface area contributed by atoms with Crippen LogP contribution in [0.5, 0.6) is 0 Å². The van der Waals surface area contributed by atoms with Gasteiger partial charge in [0.15, 0.2) is 0 Å². The highest BCUT2D eigenvalue weighted by molar-refractivity contribution is 6.05. The number of hydrogen-bond acceptors (Lipinski definition) is 5. The van der Waals surface area contributed by atoms with Gasteiger partial charge < -0.3 is 15.5 Å². The van der Waals surface area contributed by atoms with Crippen LogP contribution in [0.3, 0.4) is 0 Å². The minimum atomic E-state index is -0.865. The Labute approximate surface area is 169 Å². The molecule has 7 nitrogen and oxygen atoms in total. The number of nitrogens with zero attached hydrogens (tertiary/aromatic N) is 1. The number of imide groups is 1. The molecule has 2 unspecified atom stereocenters. The Balaban J connectivity index is 1.34. The SMILES string of the molecule is O=C1CCC(N2Cc3ccc(CNCC(F)C4CCNCC4)cc3C2=O)C(=O)N1. The van der Waals surface area contributed by atoms with Gasteiger partial charge >= 0.3 is 0 Å². The molecular weight excluding hydrogens is 375 g/mol. The van der Waals surface area contributed by atoms with E-state index in [0.29, 0.717) is 31.6 Å². The second-order valence-corrected chi connectivity index (χ2v) is 8.13. The Kier molecular flexibility index (Phi) is 5.91. The Morgan fingerprint density at radius 1 is 1.17 bits per heavy atom. The van der Waals surface area contributed by atoms with Crippen molar-refractivity contribution < 1.29 is 18.8 Å². The molecule has 3 amide bonds. The number of fused-ring (bicyclic) bond motifs is 1. The number of carbonyl (C=O) groups excluding carboxylic acids is 3. The van der Waals surface area contributed by atoms with Crippen molar-refractivity contribution in [1.29, 1.82) is 0 Å². The molecule has 2 fully saturated rings. The van der Waals surface area contributed by atoms with Crippen molar-refractivity contribution in [3.8, 4) is 0 Å². The third-order valence-electron chi connectivity index (χ3n) is 6.16. The Hall–Kier alpha value is -2.32. The highest BCUT2D eigenvalue weighted by atomic mass is 19.1. The van der Waals surface area contributed by atoms with Crippen LogP contribution in [0.1, 0.15) is 47.2 Å². The number of benzene rings is 1. The molecule has 0 spiro atoms. The summed E-state index contributed by atoms with van der Waals surface area (Å²) >= 11 is 0. The van der Waals surface area contributed by atoms with Gasteiger partial charge in [-0.3, -0.25) is 19.7 Å². The van der Waals surface area contributed by atoms with Crippen molar-refractivity contribution in [2.45, 2.75) is 51.0 Å². The summed E-state index contributed by atoms with van der Waals surface area (Å²) in [4.78, 5) is 37.8. The average Bonchev–Trinajstić information content (AvgIpc) is 3.04. The first-order chi connectivity index (χ1) is 14.0. The number of rotatable bonds is 6. The van der Waals surface area contributed by atoms with Crippen LogP contribution in [-0.2, 0) is 22.7 Å². The maximum Gasteiger partial charge on any atom is 0.255 e.